The fraction of sp³-hybridized carbons (Fsp3) is 0.966. The molecule has 5 aliphatic carbocycles. The smallest absolute Gasteiger partial charge is 0.187 e. The fourth-order valence-electron chi connectivity index (χ4n) is 17.8. The van der Waals surface area contributed by atoms with Crippen molar-refractivity contribution >= 4 is 0 Å². The third-order valence-corrected chi connectivity index (χ3v) is 23.3. The molecule has 484 valence electrons. The molecule has 0 spiro atoms. The monoisotopic (exact) mass is 1210 g/mol. The topological polar surface area (TPSA) is 396 Å². The number of allylic oxidation sites excluding steroid dienone is 2. The molecular formula is C59H98O25. The first-order valence-electron chi connectivity index (χ1n) is 30.5. The summed E-state index contributed by atoms with van der Waals surface area (Å²) in [5.41, 5.74) is -1.01. The van der Waals surface area contributed by atoms with E-state index in [4.69, 9.17) is 47.4 Å². The zero-order valence-corrected chi connectivity index (χ0v) is 49.8. The summed E-state index contributed by atoms with van der Waals surface area (Å²) in [4.78, 5) is 0. The molecule has 84 heavy (non-hydrogen) atoms. The highest BCUT2D eigenvalue weighted by atomic mass is 16.8. The van der Waals surface area contributed by atoms with E-state index in [-0.39, 0.29) is 52.6 Å². The van der Waals surface area contributed by atoms with Crippen molar-refractivity contribution in [1.29, 1.82) is 0 Å². The molecule has 5 aliphatic heterocycles. The Morgan fingerprint density at radius 1 is 0.476 bits per heavy atom. The minimum absolute atomic E-state index is 0.0726. The predicted octanol–water partition coefficient (Wildman–Crippen LogP) is -2.07. The Morgan fingerprint density at radius 2 is 0.988 bits per heavy atom. The van der Waals surface area contributed by atoms with E-state index in [9.17, 15) is 76.6 Å². The minimum Gasteiger partial charge on any atom is -0.396 e. The van der Waals surface area contributed by atoms with Gasteiger partial charge >= 0.3 is 0 Å². The maximum Gasteiger partial charge on any atom is 0.187 e. The number of aliphatic hydroxyl groups excluding tert-OH is 15. The number of hydrogen-bond donors (Lipinski definition) is 15. The summed E-state index contributed by atoms with van der Waals surface area (Å²) >= 11 is 0. The number of ether oxygens (including phenoxy) is 10. The van der Waals surface area contributed by atoms with Gasteiger partial charge in [0, 0.05) is 10.8 Å². The van der Waals surface area contributed by atoms with Crippen LogP contribution in [0.2, 0.25) is 0 Å². The van der Waals surface area contributed by atoms with Crippen LogP contribution in [-0.2, 0) is 47.4 Å². The number of aliphatic hydroxyl groups is 15. The van der Waals surface area contributed by atoms with Gasteiger partial charge < -0.3 is 124 Å². The summed E-state index contributed by atoms with van der Waals surface area (Å²) in [5.74, 6) is 0.105. The van der Waals surface area contributed by atoms with Crippen molar-refractivity contribution in [2.24, 2.45) is 50.2 Å². The van der Waals surface area contributed by atoms with E-state index in [1.165, 1.54) is 19.4 Å². The normalized spacial score (nSPS) is 56.8. The van der Waals surface area contributed by atoms with Crippen LogP contribution in [0.3, 0.4) is 0 Å². The quantitative estimate of drug-likeness (QED) is 0.0696. The van der Waals surface area contributed by atoms with Crippen LogP contribution < -0.4 is 0 Å². The Balaban J connectivity index is 0.891. The number of fused-ring (bicyclic) bond motifs is 7. The molecule has 0 aromatic rings. The zero-order valence-electron chi connectivity index (χ0n) is 49.8. The molecule has 0 bridgehead atoms. The molecule has 0 aromatic carbocycles. The van der Waals surface area contributed by atoms with Crippen molar-refractivity contribution in [2.45, 2.75) is 280 Å². The first-order chi connectivity index (χ1) is 39.3. The van der Waals surface area contributed by atoms with Crippen molar-refractivity contribution in [1.82, 2.24) is 0 Å². The van der Waals surface area contributed by atoms with E-state index in [1.54, 1.807) is 0 Å². The highest BCUT2D eigenvalue weighted by molar-refractivity contribution is 5.34. The van der Waals surface area contributed by atoms with Crippen LogP contribution in [0.4, 0.5) is 0 Å². The molecule has 15 N–H and O–H groups in total. The lowest BCUT2D eigenvalue weighted by Crippen LogP contribution is -2.68. The van der Waals surface area contributed by atoms with E-state index in [0.29, 0.717) is 25.7 Å². The minimum atomic E-state index is -1.90. The Bertz CT molecular complexity index is 2300. The van der Waals surface area contributed by atoms with Crippen LogP contribution in [0.15, 0.2) is 11.6 Å². The van der Waals surface area contributed by atoms with Crippen molar-refractivity contribution in [3.8, 4) is 0 Å². The third-order valence-electron chi connectivity index (χ3n) is 23.3. The average Bonchev–Trinajstić information content (AvgIpc) is 0.705. The second-order valence-electron chi connectivity index (χ2n) is 28.7. The maximum absolute atomic E-state index is 11.8. The lowest BCUT2D eigenvalue weighted by Gasteiger charge is -2.72. The van der Waals surface area contributed by atoms with Crippen LogP contribution >= 0.6 is 0 Å². The van der Waals surface area contributed by atoms with Gasteiger partial charge in [-0.3, -0.25) is 0 Å². The van der Waals surface area contributed by atoms with Gasteiger partial charge in [-0.15, -0.1) is 0 Å². The van der Waals surface area contributed by atoms with E-state index in [2.05, 4.69) is 47.6 Å². The van der Waals surface area contributed by atoms with Gasteiger partial charge in [0.15, 0.2) is 31.5 Å². The summed E-state index contributed by atoms with van der Waals surface area (Å²) in [6.45, 7) is 16.8. The first-order valence-corrected chi connectivity index (χ1v) is 30.5. The lowest BCUT2D eigenvalue weighted by atomic mass is 9.33. The van der Waals surface area contributed by atoms with Crippen LogP contribution in [0.5, 0.6) is 0 Å². The molecule has 0 amide bonds. The standard InChI is InChI=1S/C59H98O25/c1-24-35(64)40(69)44(73)49(76-24)82-46-37(66)28(63)22-75-51(46)81-34-19-54(3,4)18-27-26-10-11-32-56(6)14-13-33(57(7,23-62)31(56)12-15-59(32,9)58(26,8)17-16-55(27,34)5)80-52-47(42(71)38(67)29(20-60)78-52)84-53-48(43(72)39(68)30(21-61)79-53)83-50-45(74)41(70)36(65)25(2)77-50/h10,24-25,27-53,60-74H,11-23H2,1-9H3/t24-,25-,27-,28-,29+,30+,31+,32+,33-,34+,35-,36-,37-,38+,39-,40+,41+,42-,43-,44+,45+,46+,47+,48+,49-,50-,51-,52-,53-,55+,56-,57-,58+,59+/m0/s1. The number of rotatable bonds is 13. The van der Waals surface area contributed by atoms with Crippen LogP contribution in [0.25, 0.3) is 0 Å². The molecule has 34 atom stereocenters. The molecule has 25 heteroatoms. The molecule has 0 aromatic heterocycles. The van der Waals surface area contributed by atoms with Gasteiger partial charge in [0.1, 0.15) is 104 Å². The SMILES string of the molecule is C[C@@H]1O[C@@H](O[C@H]2[C@H](O[C@@H]3CC(C)(C)C[C@H]4C5=CC[C@@H]6[C@@]7(C)CC[C@H](O[C@@H]8O[C@H](CO)[C@@H](O)[C@H](O)[C@H]8O[C@@H]8O[C@H](CO)[C@H](O)[C@H](O)[C@H]8O[C@@H]8O[C@@H](C)[C@H](O)[C@@H](O)[C@H]8O)[C@@](C)(CO)[C@@H]7CC[C@@]6(C)[C@]5(C)CC[C@@]34C)OC[C@H](O)[C@@H]2O)[C@H](O)[C@H](O)[C@H]1O. The largest absolute Gasteiger partial charge is 0.396 e. The molecule has 25 nitrogen and oxygen atoms in total. The Kier molecular flexibility index (Phi) is 18.8. The van der Waals surface area contributed by atoms with Crippen molar-refractivity contribution in [2.75, 3.05) is 26.4 Å². The second-order valence-corrected chi connectivity index (χ2v) is 28.7. The maximum atomic E-state index is 11.8. The van der Waals surface area contributed by atoms with Crippen LogP contribution in [0, 0.1) is 50.2 Å². The number of hydrogen-bond acceptors (Lipinski definition) is 25. The average molecular weight is 1210 g/mol. The molecule has 0 unspecified atom stereocenters. The second kappa shape index (κ2) is 24.1. The third kappa shape index (κ3) is 10.8. The van der Waals surface area contributed by atoms with Crippen molar-refractivity contribution < 1.29 is 124 Å². The van der Waals surface area contributed by atoms with Gasteiger partial charge in [0.25, 0.3) is 0 Å². The van der Waals surface area contributed by atoms with Gasteiger partial charge in [-0.2, -0.15) is 0 Å². The molecule has 5 heterocycles. The van der Waals surface area contributed by atoms with Gasteiger partial charge in [-0.25, -0.2) is 0 Å². The predicted molar refractivity (Wildman–Crippen MR) is 288 cm³/mol. The molecule has 5 saturated heterocycles. The fourth-order valence-corrected chi connectivity index (χ4v) is 17.8. The van der Waals surface area contributed by atoms with E-state index < -0.39 is 184 Å². The molecular weight excluding hydrogens is 1110 g/mol. The summed E-state index contributed by atoms with van der Waals surface area (Å²) in [5, 5.41) is 164. The molecule has 4 saturated carbocycles. The lowest BCUT2D eigenvalue weighted by molar-refractivity contribution is -0.398. The highest BCUT2D eigenvalue weighted by Crippen LogP contribution is 2.76. The Morgan fingerprint density at radius 3 is 1.52 bits per heavy atom. The molecule has 0 radical (unpaired) electrons. The van der Waals surface area contributed by atoms with Crippen molar-refractivity contribution in [3.05, 3.63) is 11.6 Å². The van der Waals surface area contributed by atoms with E-state index in [0.717, 1.165) is 32.1 Å². The van der Waals surface area contributed by atoms with Gasteiger partial charge in [-0.05, 0) is 111 Å². The Hall–Kier alpha value is -1.26. The molecule has 9 fully saturated rings. The van der Waals surface area contributed by atoms with Crippen molar-refractivity contribution in [3.63, 3.8) is 0 Å². The summed E-state index contributed by atoms with van der Waals surface area (Å²) in [6, 6.07) is 0. The Labute approximate surface area is 490 Å². The van der Waals surface area contributed by atoms with E-state index >= 15 is 0 Å². The van der Waals surface area contributed by atoms with Crippen LogP contribution in [-0.4, -0.2) is 263 Å². The summed E-state index contributed by atoms with van der Waals surface area (Å²) < 4.78 is 62.0. The van der Waals surface area contributed by atoms with E-state index in [1.807, 2.05) is 6.92 Å². The van der Waals surface area contributed by atoms with Gasteiger partial charge in [0.05, 0.1) is 50.8 Å². The summed E-state index contributed by atoms with van der Waals surface area (Å²) in [6.07, 6.45) is -29.3. The van der Waals surface area contributed by atoms with Crippen LogP contribution in [0.1, 0.15) is 120 Å². The summed E-state index contributed by atoms with van der Waals surface area (Å²) in [7, 11) is 0. The zero-order chi connectivity index (χ0) is 61.3. The van der Waals surface area contributed by atoms with Gasteiger partial charge in [-0.1, -0.05) is 60.1 Å². The highest BCUT2D eigenvalue weighted by Gasteiger charge is 2.70. The first kappa shape index (κ1) is 65.7. The molecule has 10 rings (SSSR count). The molecule has 10 aliphatic rings. The van der Waals surface area contributed by atoms with Gasteiger partial charge in [0.2, 0.25) is 0 Å².